The Morgan fingerprint density at radius 2 is 2.17 bits per heavy atom. The standard InChI is InChI=1S/C19H30N2O3/c1-13-9-14(12-19(2,3)11-13)21-17-7-6-15(10-16(17)20)24-8-4-5-18(22)23/h6-7,10,13-14,21H,4-5,8-9,11-12,20H2,1-3H3,(H,22,23)/t13-,14+/m0/s1. The van der Waals surface area contributed by atoms with Gasteiger partial charge in [0.05, 0.1) is 18.0 Å². The van der Waals surface area contributed by atoms with Crippen molar-refractivity contribution in [3.8, 4) is 5.75 Å². The maximum Gasteiger partial charge on any atom is 0.303 e. The van der Waals surface area contributed by atoms with Crippen molar-refractivity contribution >= 4 is 17.3 Å². The summed E-state index contributed by atoms with van der Waals surface area (Å²) in [7, 11) is 0. The van der Waals surface area contributed by atoms with E-state index in [1.165, 1.54) is 6.42 Å². The smallest absolute Gasteiger partial charge is 0.303 e. The first-order chi connectivity index (χ1) is 11.2. The van der Waals surface area contributed by atoms with Crippen molar-refractivity contribution in [2.24, 2.45) is 11.3 Å². The van der Waals surface area contributed by atoms with E-state index in [9.17, 15) is 4.79 Å². The van der Waals surface area contributed by atoms with E-state index in [1.54, 1.807) is 6.07 Å². The zero-order chi connectivity index (χ0) is 17.7. The van der Waals surface area contributed by atoms with Crippen LogP contribution < -0.4 is 15.8 Å². The fourth-order valence-corrected chi connectivity index (χ4v) is 3.85. The van der Waals surface area contributed by atoms with Crippen LogP contribution in [0.5, 0.6) is 5.75 Å². The summed E-state index contributed by atoms with van der Waals surface area (Å²) in [5, 5.41) is 12.2. The van der Waals surface area contributed by atoms with Crippen molar-refractivity contribution in [2.75, 3.05) is 17.7 Å². The van der Waals surface area contributed by atoms with E-state index in [-0.39, 0.29) is 6.42 Å². The fraction of sp³-hybridized carbons (Fsp3) is 0.632. The quantitative estimate of drug-likeness (QED) is 0.515. The summed E-state index contributed by atoms with van der Waals surface area (Å²) in [6.07, 6.45) is 4.18. The molecule has 0 saturated heterocycles. The minimum absolute atomic E-state index is 0.116. The molecule has 1 aromatic rings. The number of nitrogens with two attached hydrogens (primary N) is 1. The molecule has 0 spiro atoms. The Balaban J connectivity index is 1.91. The molecule has 0 aliphatic heterocycles. The number of rotatable bonds is 7. The second-order valence-corrected chi connectivity index (χ2v) is 7.85. The van der Waals surface area contributed by atoms with Crippen molar-refractivity contribution < 1.29 is 14.6 Å². The molecule has 1 aromatic carbocycles. The molecule has 1 fully saturated rings. The number of benzene rings is 1. The second kappa shape index (κ2) is 7.77. The minimum Gasteiger partial charge on any atom is -0.494 e. The van der Waals surface area contributed by atoms with Crippen LogP contribution in [0.4, 0.5) is 11.4 Å². The highest BCUT2D eigenvalue weighted by atomic mass is 16.5. The number of carboxylic acids is 1. The summed E-state index contributed by atoms with van der Waals surface area (Å²) >= 11 is 0. The Hall–Kier alpha value is -1.91. The normalized spacial score (nSPS) is 22.8. The van der Waals surface area contributed by atoms with Crippen LogP contribution in [0, 0.1) is 11.3 Å². The molecule has 4 N–H and O–H groups in total. The number of anilines is 2. The number of nitrogens with one attached hydrogen (secondary N) is 1. The molecule has 0 amide bonds. The van der Waals surface area contributed by atoms with Crippen LogP contribution in [-0.4, -0.2) is 23.7 Å². The van der Waals surface area contributed by atoms with Gasteiger partial charge in [0.25, 0.3) is 0 Å². The van der Waals surface area contributed by atoms with Gasteiger partial charge in [0.2, 0.25) is 0 Å². The van der Waals surface area contributed by atoms with Crippen LogP contribution in [0.15, 0.2) is 18.2 Å². The minimum atomic E-state index is -0.803. The van der Waals surface area contributed by atoms with Gasteiger partial charge in [0, 0.05) is 18.5 Å². The van der Waals surface area contributed by atoms with Crippen LogP contribution in [0.1, 0.15) is 52.9 Å². The molecule has 2 rings (SSSR count). The van der Waals surface area contributed by atoms with Gasteiger partial charge in [0.15, 0.2) is 0 Å². The van der Waals surface area contributed by atoms with Crippen LogP contribution in [-0.2, 0) is 4.79 Å². The van der Waals surface area contributed by atoms with Gasteiger partial charge in [-0.25, -0.2) is 0 Å². The Morgan fingerprint density at radius 1 is 1.42 bits per heavy atom. The third-order valence-corrected chi connectivity index (χ3v) is 4.57. The predicted octanol–water partition coefficient (Wildman–Crippen LogP) is 4.14. The number of ether oxygens (including phenoxy) is 1. The largest absolute Gasteiger partial charge is 0.494 e. The first kappa shape index (κ1) is 18.4. The molecule has 1 aliphatic rings. The molecule has 134 valence electrons. The van der Waals surface area contributed by atoms with Gasteiger partial charge in [-0.05, 0) is 49.1 Å². The van der Waals surface area contributed by atoms with Crippen LogP contribution in [0.2, 0.25) is 0 Å². The molecule has 1 aliphatic carbocycles. The summed E-state index contributed by atoms with van der Waals surface area (Å²) in [5.74, 6) is 0.590. The van der Waals surface area contributed by atoms with Gasteiger partial charge in [-0.15, -0.1) is 0 Å². The lowest BCUT2D eigenvalue weighted by atomic mass is 9.70. The Morgan fingerprint density at radius 3 is 2.79 bits per heavy atom. The predicted molar refractivity (Wildman–Crippen MR) is 97.4 cm³/mol. The molecule has 0 aromatic heterocycles. The molecule has 0 radical (unpaired) electrons. The number of aliphatic carboxylic acids is 1. The average Bonchev–Trinajstić information content (AvgIpc) is 2.44. The lowest BCUT2D eigenvalue weighted by Crippen LogP contribution is -2.35. The first-order valence-electron chi connectivity index (χ1n) is 8.76. The van der Waals surface area contributed by atoms with E-state index in [0.717, 1.165) is 18.5 Å². The molecule has 0 bridgehead atoms. The van der Waals surface area contributed by atoms with E-state index in [0.29, 0.717) is 41.8 Å². The number of carboxylic acid groups (broad SMARTS) is 1. The monoisotopic (exact) mass is 334 g/mol. The topological polar surface area (TPSA) is 84.6 Å². The molecule has 5 nitrogen and oxygen atoms in total. The van der Waals surface area contributed by atoms with Crippen molar-refractivity contribution in [1.29, 1.82) is 0 Å². The first-order valence-corrected chi connectivity index (χ1v) is 8.76. The van der Waals surface area contributed by atoms with Crippen molar-refractivity contribution in [1.82, 2.24) is 0 Å². The van der Waals surface area contributed by atoms with Crippen LogP contribution >= 0.6 is 0 Å². The zero-order valence-electron chi connectivity index (χ0n) is 15.0. The number of nitrogen functional groups attached to an aromatic ring is 1. The van der Waals surface area contributed by atoms with Crippen molar-refractivity contribution in [2.45, 2.75) is 58.9 Å². The third kappa shape index (κ3) is 5.62. The highest BCUT2D eigenvalue weighted by molar-refractivity contribution is 5.68. The van der Waals surface area contributed by atoms with Crippen LogP contribution in [0.25, 0.3) is 0 Å². The molecular weight excluding hydrogens is 304 g/mol. The zero-order valence-corrected chi connectivity index (χ0v) is 15.0. The molecule has 1 saturated carbocycles. The maximum atomic E-state index is 10.5. The molecular formula is C19H30N2O3. The summed E-state index contributed by atoms with van der Waals surface area (Å²) in [6, 6.07) is 6.08. The highest BCUT2D eigenvalue weighted by Gasteiger charge is 2.32. The Bertz CT molecular complexity index is 572. The highest BCUT2D eigenvalue weighted by Crippen LogP contribution is 2.40. The summed E-state index contributed by atoms with van der Waals surface area (Å²) in [4.78, 5) is 10.5. The molecule has 0 unspecified atom stereocenters. The maximum absolute atomic E-state index is 10.5. The van der Waals surface area contributed by atoms with Crippen molar-refractivity contribution in [3.63, 3.8) is 0 Å². The van der Waals surface area contributed by atoms with Gasteiger partial charge in [-0.2, -0.15) is 0 Å². The van der Waals surface area contributed by atoms with Gasteiger partial charge >= 0.3 is 5.97 Å². The summed E-state index contributed by atoms with van der Waals surface area (Å²) < 4.78 is 5.56. The summed E-state index contributed by atoms with van der Waals surface area (Å²) in [6.45, 7) is 7.35. The molecule has 0 heterocycles. The molecule has 24 heavy (non-hydrogen) atoms. The lowest BCUT2D eigenvalue weighted by molar-refractivity contribution is -0.137. The molecule has 5 heteroatoms. The Labute approximate surface area is 144 Å². The number of carbonyl (C=O) groups is 1. The Kier molecular flexibility index (Phi) is 5.97. The van der Waals surface area contributed by atoms with Crippen LogP contribution in [0.3, 0.4) is 0 Å². The SMILES string of the molecule is C[C@H]1C[C@@H](Nc2ccc(OCCCC(=O)O)cc2N)CC(C)(C)C1. The fourth-order valence-electron chi connectivity index (χ4n) is 3.85. The van der Waals surface area contributed by atoms with Gasteiger partial charge in [-0.1, -0.05) is 20.8 Å². The lowest BCUT2D eigenvalue weighted by Gasteiger charge is -2.39. The van der Waals surface area contributed by atoms with Crippen molar-refractivity contribution in [3.05, 3.63) is 18.2 Å². The second-order valence-electron chi connectivity index (χ2n) is 7.85. The van der Waals surface area contributed by atoms with E-state index in [4.69, 9.17) is 15.6 Å². The average molecular weight is 334 g/mol. The van der Waals surface area contributed by atoms with Gasteiger partial charge in [-0.3, -0.25) is 4.79 Å². The van der Waals surface area contributed by atoms with Gasteiger partial charge in [0.1, 0.15) is 5.75 Å². The van der Waals surface area contributed by atoms with E-state index in [1.807, 2.05) is 12.1 Å². The van der Waals surface area contributed by atoms with E-state index >= 15 is 0 Å². The number of hydrogen-bond acceptors (Lipinski definition) is 4. The molecule has 2 atom stereocenters. The third-order valence-electron chi connectivity index (χ3n) is 4.57. The van der Waals surface area contributed by atoms with E-state index in [2.05, 4.69) is 26.1 Å². The number of hydrogen-bond donors (Lipinski definition) is 3. The van der Waals surface area contributed by atoms with Gasteiger partial charge < -0.3 is 20.9 Å². The van der Waals surface area contributed by atoms with E-state index < -0.39 is 5.97 Å². The summed E-state index contributed by atoms with van der Waals surface area (Å²) in [5.41, 5.74) is 8.13.